The number of benzene rings is 2. The number of anilines is 1. The molecule has 4 rings (SSSR count). The summed E-state index contributed by atoms with van der Waals surface area (Å²) in [5, 5.41) is 13.0. The van der Waals surface area contributed by atoms with E-state index in [4.69, 9.17) is 21.1 Å². The summed E-state index contributed by atoms with van der Waals surface area (Å²) in [7, 11) is 1.33. The number of nitrogens with one attached hydrogen (secondary N) is 1. The fraction of sp³-hybridized carbons (Fsp3) is 0.231. The Hall–Kier alpha value is -3.34. The number of ether oxygens (including phenoxy) is 2. The number of rotatable bonds is 10. The van der Waals surface area contributed by atoms with E-state index in [9.17, 15) is 9.59 Å². The molecule has 0 aliphatic carbocycles. The van der Waals surface area contributed by atoms with Gasteiger partial charge in [-0.3, -0.25) is 4.79 Å². The Morgan fingerprint density at radius 1 is 1.11 bits per heavy atom. The Morgan fingerprint density at radius 2 is 1.84 bits per heavy atom. The van der Waals surface area contributed by atoms with Gasteiger partial charge in [-0.2, -0.15) is 0 Å². The summed E-state index contributed by atoms with van der Waals surface area (Å²) in [6.45, 7) is 4.74. The average molecular weight is 557 g/mol. The number of aromatic nitrogens is 3. The molecule has 0 fully saturated rings. The van der Waals surface area contributed by atoms with E-state index in [-0.39, 0.29) is 18.3 Å². The van der Waals surface area contributed by atoms with Crippen molar-refractivity contribution in [2.45, 2.75) is 32.2 Å². The number of hydrogen-bond acceptors (Lipinski definition) is 8. The van der Waals surface area contributed by atoms with Crippen molar-refractivity contribution in [3.8, 4) is 16.9 Å². The molecule has 0 spiro atoms. The zero-order valence-corrected chi connectivity index (χ0v) is 22.9. The molecule has 0 aliphatic rings. The van der Waals surface area contributed by atoms with Crippen LogP contribution in [0.1, 0.15) is 28.0 Å². The maximum atomic E-state index is 12.9. The lowest BCUT2D eigenvalue weighted by atomic mass is 10.0. The molecule has 2 aromatic heterocycles. The monoisotopic (exact) mass is 556 g/mol. The first-order valence-corrected chi connectivity index (χ1v) is 13.6. The molecule has 2 aromatic carbocycles. The lowest BCUT2D eigenvalue weighted by molar-refractivity contribution is -0.113. The summed E-state index contributed by atoms with van der Waals surface area (Å²) in [6.07, 6.45) is 0. The van der Waals surface area contributed by atoms with Gasteiger partial charge in [0.1, 0.15) is 22.9 Å². The van der Waals surface area contributed by atoms with Gasteiger partial charge in [-0.1, -0.05) is 53.7 Å². The number of thiophene rings is 1. The van der Waals surface area contributed by atoms with Crippen molar-refractivity contribution in [2.75, 3.05) is 18.2 Å². The molecule has 0 unspecified atom stereocenters. The Bertz CT molecular complexity index is 1390. The fourth-order valence-electron chi connectivity index (χ4n) is 3.70. The highest BCUT2D eigenvalue weighted by molar-refractivity contribution is 7.99. The molecule has 2 heterocycles. The van der Waals surface area contributed by atoms with Crippen LogP contribution in [0.2, 0.25) is 5.02 Å². The number of hydrogen-bond donors (Lipinski definition) is 1. The standard InChI is InChI=1S/C26H25ClN4O4S2/c1-4-31-20(14-35-19-12-10-18(27)11-13-19)29-30-26(31)36-15-21(32)28-24-23(25(33)34-3)22(16(2)37-24)17-8-6-5-7-9-17/h5-13H,4,14-15H2,1-3H3,(H,28,32). The van der Waals surface area contributed by atoms with Gasteiger partial charge in [-0.25, -0.2) is 4.79 Å². The molecule has 0 radical (unpaired) electrons. The van der Waals surface area contributed by atoms with Gasteiger partial charge in [0.25, 0.3) is 0 Å². The number of thioether (sulfide) groups is 1. The van der Waals surface area contributed by atoms with E-state index in [0.29, 0.717) is 38.9 Å². The van der Waals surface area contributed by atoms with Crippen LogP contribution in [0.25, 0.3) is 11.1 Å². The summed E-state index contributed by atoms with van der Waals surface area (Å²) in [6, 6.07) is 16.6. The molecule has 0 bridgehead atoms. The number of carbonyl (C=O) groups is 2. The van der Waals surface area contributed by atoms with E-state index in [1.165, 1.54) is 30.2 Å². The lowest BCUT2D eigenvalue weighted by Gasteiger charge is -2.09. The van der Waals surface area contributed by atoms with Gasteiger partial charge in [0.2, 0.25) is 5.91 Å². The fourth-order valence-corrected chi connectivity index (χ4v) is 5.73. The van der Waals surface area contributed by atoms with Crippen LogP contribution in [0.15, 0.2) is 59.8 Å². The zero-order chi connectivity index (χ0) is 26.4. The van der Waals surface area contributed by atoms with Gasteiger partial charge in [0, 0.05) is 22.0 Å². The number of amides is 1. The molecule has 4 aromatic rings. The van der Waals surface area contributed by atoms with Crippen molar-refractivity contribution in [3.05, 3.63) is 75.9 Å². The Morgan fingerprint density at radius 3 is 2.51 bits per heavy atom. The number of methoxy groups -OCH3 is 1. The van der Waals surface area contributed by atoms with Crippen molar-refractivity contribution in [2.24, 2.45) is 0 Å². The van der Waals surface area contributed by atoms with Gasteiger partial charge < -0.3 is 19.4 Å². The Labute approximate surface area is 228 Å². The molecular weight excluding hydrogens is 532 g/mol. The number of aryl methyl sites for hydroxylation is 1. The zero-order valence-electron chi connectivity index (χ0n) is 20.5. The molecule has 8 nitrogen and oxygen atoms in total. The molecule has 0 aliphatic heterocycles. The lowest BCUT2D eigenvalue weighted by Crippen LogP contribution is -2.16. The maximum absolute atomic E-state index is 12.9. The van der Waals surface area contributed by atoms with E-state index in [1.807, 2.05) is 48.7 Å². The minimum absolute atomic E-state index is 0.0917. The van der Waals surface area contributed by atoms with E-state index < -0.39 is 5.97 Å². The summed E-state index contributed by atoms with van der Waals surface area (Å²) in [5.74, 6) is 0.651. The van der Waals surface area contributed by atoms with Crippen LogP contribution in [0.3, 0.4) is 0 Å². The highest BCUT2D eigenvalue weighted by Gasteiger charge is 2.25. The van der Waals surface area contributed by atoms with Crippen molar-refractivity contribution in [1.82, 2.24) is 14.8 Å². The molecular formula is C26H25ClN4O4S2. The summed E-state index contributed by atoms with van der Waals surface area (Å²) in [4.78, 5) is 26.4. The molecule has 0 atom stereocenters. The average Bonchev–Trinajstić information content (AvgIpc) is 3.46. The molecule has 1 amide bonds. The first-order valence-electron chi connectivity index (χ1n) is 11.4. The largest absolute Gasteiger partial charge is 0.486 e. The topological polar surface area (TPSA) is 95.3 Å². The summed E-state index contributed by atoms with van der Waals surface area (Å²) < 4.78 is 12.7. The van der Waals surface area contributed by atoms with E-state index >= 15 is 0 Å². The molecule has 11 heteroatoms. The SMILES string of the molecule is CCn1c(COc2ccc(Cl)cc2)nnc1SCC(=O)Nc1sc(C)c(-c2ccccc2)c1C(=O)OC. The third kappa shape index (κ3) is 6.33. The van der Waals surface area contributed by atoms with Gasteiger partial charge in [-0.15, -0.1) is 21.5 Å². The second-order valence-corrected chi connectivity index (χ2v) is 10.4. The van der Waals surface area contributed by atoms with E-state index in [2.05, 4.69) is 15.5 Å². The second-order valence-electron chi connectivity index (χ2n) is 7.82. The Balaban J connectivity index is 1.44. The van der Waals surface area contributed by atoms with Gasteiger partial charge in [0.05, 0.1) is 12.9 Å². The number of esters is 1. The maximum Gasteiger partial charge on any atom is 0.341 e. The van der Waals surface area contributed by atoms with Crippen LogP contribution in [-0.2, 0) is 22.7 Å². The van der Waals surface area contributed by atoms with E-state index in [1.54, 1.807) is 24.3 Å². The predicted octanol–water partition coefficient (Wildman–Crippen LogP) is 6.08. The van der Waals surface area contributed by atoms with Crippen molar-refractivity contribution >= 4 is 51.6 Å². The number of carbonyl (C=O) groups excluding carboxylic acids is 2. The van der Waals surface area contributed by atoms with Gasteiger partial charge in [-0.05, 0) is 43.7 Å². The normalized spacial score (nSPS) is 10.8. The van der Waals surface area contributed by atoms with Crippen molar-refractivity contribution < 1.29 is 19.1 Å². The smallest absolute Gasteiger partial charge is 0.341 e. The van der Waals surface area contributed by atoms with Crippen LogP contribution >= 0.6 is 34.7 Å². The third-order valence-electron chi connectivity index (χ3n) is 5.41. The van der Waals surface area contributed by atoms with Gasteiger partial charge in [0.15, 0.2) is 11.0 Å². The van der Waals surface area contributed by atoms with Crippen LogP contribution in [0.4, 0.5) is 5.00 Å². The molecule has 192 valence electrons. The first-order chi connectivity index (χ1) is 17.9. The highest BCUT2D eigenvalue weighted by Crippen LogP contribution is 2.40. The number of halogens is 1. The predicted molar refractivity (Wildman–Crippen MR) is 147 cm³/mol. The first kappa shape index (κ1) is 26.7. The minimum Gasteiger partial charge on any atom is -0.486 e. The van der Waals surface area contributed by atoms with Crippen LogP contribution in [0.5, 0.6) is 5.75 Å². The molecule has 0 saturated carbocycles. The Kier molecular flexibility index (Phi) is 8.86. The van der Waals surface area contributed by atoms with Crippen LogP contribution in [0, 0.1) is 6.92 Å². The van der Waals surface area contributed by atoms with Crippen LogP contribution in [-0.4, -0.2) is 39.5 Å². The molecule has 37 heavy (non-hydrogen) atoms. The third-order valence-corrected chi connectivity index (χ3v) is 7.65. The second kappa shape index (κ2) is 12.3. The summed E-state index contributed by atoms with van der Waals surface area (Å²) in [5.41, 5.74) is 2.00. The minimum atomic E-state index is -0.498. The van der Waals surface area contributed by atoms with Crippen molar-refractivity contribution in [1.29, 1.82) is 0 Å². The van der Waals surface area contributed by atoms with Crippen LogP contribution < -0.4 is 10.1 Å². The molecule has 1 N–H and O–H groups in total. The van der Waals surface area contributed by atoms with Crippen molar-refractivity contribution in [3.63, 3.8) is 0 Å². The molecule has 0 saturated heterocycles. The van der Waals surface area contributed by atoms with E-state index in [0.717, 1.165) is 16.0 Å². The quantitative estimate of drug-likeness (QED) is 0.187. The van der Waals surface area contributed by atoms with Gasteiger partial charge >= 0.3 is 5.97 Å². The number of nitrogens with zero attached hydrogens (tertiary/aromatic N) is 3. The highest BCUT2D eigenvalue weighted by atomic mass is 35.5. The summed E-state index contributed by atoms with van der Waals surface area (Å²) >= 11 is 8.53.